The maximum absolute atomic E-state index is 12.7. The van der Waals surface area contributed by atoms with Crippen molar-refractivity contribution < 1.29 is 27.9 Å². The Hall–Kier alpha value is -1.87. The Balaban J connectivity index is 2.30. The van der Waals surface area contributed by atoms with E-state index in [4.69, 9.17) is 5.11 Å². The molecule has 2 heterocycles. The third-order valence-electron chi connectivity index (χ3n) is 3.84. The summed E-state index contributed by atoms with van der Waals surface area (Å²) in [5.74, 6) is -2.39. The number of hydrogen-bond donors (Lipinski definition) is 2. The smallest absolute Gasteiger partial charge is 0.354 e. The molecule has 122 valence electrons. The van der Waals surface area contributed by atoms with Gasteiger partial charge in [-0.1, -0.05) is 0 Å². The summed E-state index contributed by atoms with van der Waals surface area (Å²) in [6, 6.07) is 0.898. The van der Waals surface area contributed by atoms with E-state index in [0.717, 1.165) is 0 Å². The normalized spacial score (nSPS) is 23.2. The second-order valence-electron chi connectivity index (χ2n) is 5.28. The molecule has 2 N–H and O–H groups in total. The highest BCUT2D eigenvalue weighted by Crippen LogP contribution is 2.28. The molecule has 0 radical (unpaired) electrons. The third-order valence-corrected chi connectivity index (χ3v) is 5.80. The molecule has 1 aromatic rings. The first-order chi connectivity index (χ1) is 10.3. The van der Waals surface area contributed by atoms with Gasteiger partial charge in [0.2, 0.25) is 10.0 Å². The van der Waals surface area contributed by atoms with Crippen molar-refractivity contribution >= 4 is 22.0 Å². The van der Waals surface area contributed by atoms with Gasteiger partial charge in [0.25, 0.3) is 0 Å². The van der Waals surface area contributed by atoms with Gasteiger partial charge in [0.05, 0.1) is 13.0 Å². The molecule has 1 aromatic heterocycles. The number of esters is 1. The lowest BCUT2D eigenvalue weighted by molar-refractivity contribution is -0.143. The number of aromatic nitrogens is 1. The maximum atomic E-state index is 12.7. The SMILES string of the molecule is COC(=O)c1cc(S(=O)(=O)N2CC(C(=O)O)CCC2C)c[nH]1. The van der Waals surface area contributed by atoms with Gasteiger partial charge in [-0.3, -0.25) is 4.79 Å². The van der Waals surface area contributed by atoms with E-state index in [9.17, 15) is 18.0 Å². The zero-order chi connectivity index (χ0) is 16.5. The molecule has 0 saturated carbocycles. The molecule has 9 heteroatoms. The van der Waals surface area contributed by atoms with Crippen LogP contribution in [0.25, 0.3) is 0 Å². The molecule has 0 spiro atoms. The van der Waals surface area contributed by atoms with Crippen molar-refractivity contribution in [3.05, 3.63) is 18.0 Å². The molecule has 0 bridgehead atoms. The van der Waals surface area contributed by atoms with E-state index in [0.29, 0.717) is 12.8 Å². The highest BCUT2D eigenvalue weighted by atomic mass is 32.2. The van der Waals surface area contributed by atoms with Crippen molar-refractivity contribution in [1.29, 1.82) is 0 Å². The van der Waals surface area contributed by atoms with Crippen molar-refractivity contribution in [3.63, 3.8) is 0 Å². The van der Waals surface area contributed by atoms with Crippen LogP contribution in [0, 0.1) is 5.92 Å². The van der Waals surface area contributed by atoms with Crippen LogP contribution in [-0.4, -0.2) is 54.4 Å². The Labute approximate surface area is 128 Å². The minimum Gasteiger partial charge on any atom is -0.481 e. The van der Waals surface area contributed by atoms with Crippen LogP contribution in [0.5, 0.6) is 0 Å². The Morgan fingerprint density at radius 2 is 2.09 bits per heavy atom. The lowest BCUT2D eigenvalue weighted by Crippen LogP contribution is -2.47. The fourth-order valence-corrected chi connectivity index (χ4v) is 4.20. The molecule has 0 aromatic carbocycles. The fourth-order valence-electron chi connectivity index (χ4n) is 2.50. The number of carboxylic acid groups (broad SMARTS) is 1. The molecule has 22 heavy (non-hydrogen) atoms. The number of rotatable bonds is 4. The molecular formula is C13H18N2O6S. The van der Waals surface area contributed by atoms with Crippen LogP contribution in [0.1, 0.15) is 30.3 Å². The highest BCUT2D eigenvalue weighted by molar-refractivity contribution is 7.89. The average Bonchev–Trinajstić information content (AvgIpc) is 2.97. The van der Waals surface area contributed by atoms with Crippen molar-refractivity contribution in [2.24, 2.45) is 5.92 Å². The topological polar surface area (TPSA) is 117 Å². The number of carbonyl (C=O) groups is 2. The molecule has 0 aliphatic carbocycles. The van der Waals surface area contributed by atoms with E-state index in [2.05, 4.69) is 9.72 Å². The summed E-state index contributed by atoms with van der Waals surface area (Å²) in [4.78, 5) is 25.0. The molecular weight excluding hydrogens is 312 g/mol. The number of ether oxygens (including phenoxy) is 1. The van der Waals surface area contributed by atoms with Crippen LogP contribution in [0.3, 0.4) is 0 Å². The van der Waals surface area contributed by atoms with Crippen LogP contribution >= 0.6 is 0 Å². The number of methoxy groups -OCH3 is 1. The molecule has 1 aliphatic rings. The highest BCUT2D eigenvalue weighted by Gasteiger charge is 2.38. The lowest BCUT2D eigenvalue weighted by Gasteiger charge is -2.35. The van der Waals surface area contributed by atoms with Crippen LogP contribution in [0.15, 0.2) is 17.2 Å². The fraction of sp³-hybridized carbons (Fsp3) is 0.538. The van der Waals surface area contributed by atoms with Crippen molar-refractivity contribution in [2.45, 2.75) is 30.7 Å². The Morgan fingerprint density at radius 1 is 1.41 bits per heavy atom. The van der Waals surface area contributed by atoms with Gasteiger partial charge in [0, 0.05) is 18.8 Å². The largest absolute Gasteiger partial charge is 0.481 e. The second-order valence-corrected chi connectivity index (χ2v) is 7.17. The molecule has 1 fully saturated rings. The van der Waals surface area contributed by atoms with Gasteiger partial charge in [0.15, 0.2) is 0 Å². The number of carbonyl (C=O) groups excluding carboxylic acids is 1. The molecule has 2 atom stereocenters. The minimum atomic E-state index is -3.87. The predicted octanol–water partition coefficient (Wildman–Crippen LogP) is 0.675. The van der Waals surface area contributed by atoms with E-state index >= 15 is 0 Å². The lowest BCUT2D eigenvalue weighted by atomic mass is 9.96. The number of aliphatic carboxylic acids is 1. The van der Waals surface area contributed by atoms with Gasteiger partial charge in [-0.15, -0.1) is 0 Å². The summed E-state index contributed by atoms with van der Waals surface area (Å²) >= 11 is 0. The van der Waals surface area contributed by atoms with E-state index in [1.807, 2.05) is 0 Å². The van der Waals surface area contributed by atoms with Gasteiger partial charge in [-0.05, 0) is 25.8 Å². The molecule has 2 rings (SSSR count). The predicted molar refractivity (Wildman–Crippen MR) is 75.8 cm³/mol. The number of sulfonamides is 1. The molecule has 0 amide bonds. The zero-order valence-corrected chi connectivity index (χ0v) is 13.1. The average molecular weight is 330 g/mol. The number of aromatic amines is 1. The van der Waals surface area contributed by atoms with Crippen LogP contribution in [-0.2, 0) is 19.6 Å². The van der Waals surface area contributed by atoms with Crippen molar-refractivity contribution in [2.75, 3.05) is 13.7 Å². The maximum Gasteiger partial charge on any atom is 0.354 e. The van der Waals surface area contributed by atoms with E-state index in [-0.39, 0.29) is 23.2 Å². The number of carboxylic acids is 1. The first kappa shape index (κ1) is 16.5. The molecule has 1 saturated heterocycles. The van der Waals surface area contributed by atoms with Gasteiger partial charge >= 0.3 is 11.9 Å². The zero-order valence-electron chi connectivity index (χ0n) is 12.3. The van der Waals surface area contributed by atoms with E-state index in [1.165, 1.54) is 23.7 Å². The Bertz CT molecular complexity index is 680. The van der Waals surface area contributed by atoms with Gasteiger partial charge in [-0.25, -0.2) is 13.2 Å². The summed E-state index contributed by atoms with van der Waals surface area (Å²) in [6.07, 6.45) is 2.13. The quantitative estimate of drug-likeness (QED) is 0.784. The van der Waals surface area contributed by atoms with E-state index < -0.39 is 27.9 Å². The summed E-state index contributed by atoms with van der Waals surface area (Å²) in [5, 5.41) is 9.10. The molecule has 8 nitrogen and oxygen atoms in total. The van der Waals surface area contributed by atoms with Crippen LogP contribution in [0.4, 0.5) is 0 Å². The van der Waals surface area contributed by atoms with Crippen molar-refractivity contribution in [1.82, 2.24) is 9.29 Å². The van der Waals surface area contributed by atoms with Crippen molar-refractivity contribution in [3.8, 4) is 0 Å². The van der Waals surface area contributed by atoms with Gasteiger partial charge in [-0.2, -0.15) is 4.31 Å². The standard InChI is InChI=1S/C13H18N2O6S/c1-8-3-4-9(12(16)17)7-15(8)22(19,20)10-5-11(14-6-10)13(18)21-2/h5-6,8-9,14H,3-4,7H2,1-2H3,(H,16,17). The van der Waals surface area contributed by atoms with Crippen LogP contribution < -0.4 is 0 Å². The minimum absolute atomic E-state index is 0.0283. The van der Waals surface area contributed by atoms with Crippen LogP contribution in [0.2, 0.25) is 0 Å². The van der Waals surface area contributed by atoms with E-state index in [1.54, 1.807) is 6.92 Å². The number of hydrogen-bond acceptors (Lipinski definition) is 5. The second kappa shape index (κ2) is 6.09. The Morgan fingerprint density at radius 3 is 2.68 bits per heavy atom. The van der Waals surface area contributed by atoms with Gasteiger partial charge < -0.3 is 14.8 Å². The summed E-state index contributed by atoms with van der Waals surface area (Å²) in [7, 11) is -2.67. The molecule has 1 aliphatic heterocycles. The van der Waals surface area contributed by atoms with Gasteiger partial charge in [0.1, 0.15) is 10.6 Å². The number of nitrogens with one attached hydrogen (secondary N) is 1. The number of nitrogens with zero attached hydrogens (tertiary/aromatic N) is 1. The summed E-state index contributed by atoms with van der Waals surface area (Å²) in [5.41, 5.74) is 0.0283. The summed E-state index contributed by atoms with van der Waals surface area (Å²) < 4.78 is 31.0. The Kier molecular flexibility index (Phi) is 4.57. The number of H-pyrrole nitrogens is 1. The molecule has 2 unspecified atom stereocenters. The first-order valence-corrected chi connectivity index (χ1v) is 8.22. The monoisotopic (exact) mass is 330 g/mol. The number of piperidine rings is 1. The first-order valence-electron chi connectivity index (χ1n) is 6.78. The summed E-state index contributed by atoms with van der Waals surface area (Å²) in [6.45, 7) is 1.67. The third kappa shape index (κ3) is 3.00.